The predicted molar refractivity (Wildman–Crippen MR) is 84.6 cm³/mol. The van der Waals surface area contributed by atoms with Gasteiger partial charge in [0.25, 0.3) is 0 Å². The largest absolute Gasteiger partial charge is 0.395 e. The summed E-state index contributed by atoms with van der Waals surface area (Å²) in [5, 5.41) is 15.0. The standard InChI is InChI=1S/C16H20ClN3O/c17-15-9-14-12(10-20-15)5-6-19-16(14)11-1-3-13(4-2-11)18-7-8-21/h5-6,9-11,13,18,21H,1-4,7-8H2. The highest BCUT2D eigenvalue weighted by molar-refractivity contribution is 6.30. The number of aliphatic hydroxyl groups excluding tert-OH is 1. The maximum atomic E-state index is 8.88. The van der Waals surface area contributed by atoms with Gasteiger partial charge in [0.05, 0.1) is 12.3 Å². The van der Waals surface area contributed by atoms with Crippen molar-refractivity contribution in [3.8, 4) is 0 Å². The number of hydrogen-bond acceptors (Lipinski definition) is 4. The van der Waals surface area contributed by atoms with Crippen LogP contribution >= 0.6 is 11.6 Å². The van der Waals surface area contributed by atoms with Crippen molar-refractivity contribution in [3.63, 3.8) is 0 Å². The minimum atomic E-state index is 0.205. The first-order valence-corrected chi connectivity index (χ1v) is 7.90. The Labute approximate surface area is 129 Å². The molecule has 0 amide bonds. The summed E-state index contributed by atoms with van der Waals surface area (Å²) in [5.41, 5.74) is 1.15. The Bertz CT molecular complexity index is 611. The van der Waals surface area contributed by atoms with E-state index in [9.17, 15) is 0 Å². The molecular weight excluding hydrogens is 286 g/mol. The molecule has 0 atom stereocenters. The fraction of sp³-hybridized carbons (Fsp3) is 0.500. The topological polar surface area (TPSA) is 58.0 Å². The molecule has 0 radical (unpaired) electrons. The van der Waals surface area contributed by atoms with Gasteiger partial charge in [0.15, 0.2) is 0 Å². The summed E-state index contributed by atoms with van der Waals surface area (Å²) in [4.78, 5) is 8.76. The van der Waals surface area contributed by atoms with Gasteiger partial charge in [-0.2, -0.15) is 0 Å². The van der Waals surface area contributed by atoms with Crippen molar-refractivity contribution >= 4 is 22.4 Å². The van der Waals surface area contributed by atoms with Crippen LogP contribution in [0.25, 0.3) is 10.8 Å². The lowest BCUT2D eigenvalue weighted by Gasteiger charge is -2.29. The minimum Gasteiger partial charge on any atom is -0.395 e. The molecule has 1 fully saturated rings. The maximum Gasteiger partial charge on any atom is 0.129 e. The van der Waals surface area contributed by atoms with Crippen molar-refractivity contribution in [2.24, 2.45) is 0 Å². The Hall–Kier alpha value is -1.23. The Kier molecular flexibility index (Phi) is 4.68. The van der Waals surface area contributed by atoms with Crippen LogP contribution in [0.5, 0.6) is 0 Å². The van der Waals surface area contributed by atoms with Gasteiger partial charge in [-0.25, -0.2) is 4.98 Å². The van der Waals surface area contributed by atoms with E-state index in [1.807, 2.05) is 24.5 Å². The van der Waals surface area contributed by atoms with Crippen LogP contribution in [0, 0.1) is 0 Å². The predicted octanol–water partition coefficient (Wildman–Crippen LogP) is 2.89. The smallest absolute Gasteiger partial charge is 0.129 e. The van der Waals surface area contributed by atoms with E-state index < -0.39 is 0 Å². The summed E-state index contributed by atoms with van der Waals surface area (Å²) < 4.78 is 0. The highest BCUT2D eigenvalue weighted by atomic mass is 35.5. The Balaban J connectivity index is 1.78. The van der Waals surface area contributed by atoms with Gasteiger partial charge in [-0.05, 0) is 37.8 Å². The third-order valence-corrected chi connectivity index (χ3v) is 4.51. The molecule has 21 heavy (non-hydrogen) atoms. The van der Waals surface area contributed by atoms with E-state index in [0.717, 1.165) is 42.1 Å². The van der Waals surface area contributed by atoms with Crippen LogP contribution in [0.1, 0.15) is 37.3 Å². The molecule has 5 heteroatoms. The molecule has 0 aliphatic heterocycles. The highest BCUT2D eigenvalue weighted by Gasteiger charge is 2.24. The third-order valence-electron chi connectivity index (χ3n) is 4.30. The van der Waals surface area contributed by atoms with E-state index in [-0.39, 0.29) is 6.61 Å². The summed E-state index contributed by atoms with van der Waals surface area (Å²) in [6, 6.07) is 4.43. The molecule has 0 aromatic carbocycles. The number of nitrogens with zero attached hydrogens (tertiary/aromatic N) is 2. The number of hydrogen-bond donors (Lipinski definition) is 2. The average Bonchev–Trinajstić information content (AvgIpc) is 2.53. The fourth-order valence-electron chi connectivity index (χ4n) is 3.23. The van der Waals surface area contributed by atoms with Gasteiger partial charge in [0.2, 0.25) is 0 Å². The third kappa shape index (κ3) is 3.34. The lowest BCUT2D eigenvalue weighted by Crippen LogP contribution is -2.34. The molecular formula is C16H20ClN3O. The van der Waals surface area contributed by atoms with Crippen molar-refractivity contribution in [1.29, 1.82) is 0 Å². The van der Waals surface area contributed by atoms with Gasteiger partial charge >= 0.3 is 0 Å². The zero-order valence-electron chi connectivity index (χ0n) is 11.9. The van der Waals surface area contributed by atoms with Crippen molar-refractivity contribution in [1.82, 2.24) is 15.3 Å². The van der Waals surface area contributed by atoms with Crippen LogP contribution in [-0.2, 0) is 0 Å². The molecule has 112 valence electrons. The number of fused-ring (bicyclic) bond motifs is 1. The van der Waals surface area contributed by atoms with Crippen LogP contribution in [0.15, 0.2) is 24.5 Å². The van der Waals surface area contributed by atoms with E-state index >= 15 is 0 Å². The van der Waals surface area contributed by atoms with Crippen LogP contribution in [-0.4, -0.2) is 34.3 Å². The minimum absolute atomic E-state index is 0.205. The second kappa shape index (κ2) is 6.69. The number of nitrogens with one attached hydrogen (secondary N) is 1. The van der Waals surface area contributed by atoms with Crippen LogP contribution in [0.3, 0.4) is 0 Å². The van der Waals surface area contributed by atoms with Gasteiger partial charge in [-0.15, -0.1) is 0 Å². The van der Waals surface area contributed by atoms with Gasteiger partial charge in [0.1, 0.15) is 5.15 Å². The molecule has 0 bridgehead atoms. The molecule has 2 aromatic heterocycles. The molecule has 1 aliphatic rings. The van der Waals surface area contributed by atoms with Crippen molar-refractivity contribution in [3.05, 3.63) is 35.4 Å². The summed E-state index contributed by atoms with van der Waals surface area (Å²) in [7, 11) is 0. The van der Waals surface area contributed by atoms with Gasteiger partial charge in [-0.3, -0.25) is 4.98 Å². The first-order valence-electron chi connectivity index (χ1n) is 7.52. The van der Waals surface area contributed by atoms with Crippen LogP contribution in [0.2, 0.25) is 5.15 Å². The van der Waals surface area contributed by atoms with Crippen LogP contribution < -0.4 is 5.32 Å². The Morgan fingerprint density at radius 1 is 1.24 bits per heavy atom. The van der Waals surface area contributed by atoms with E-state index in [4.69, 9.17) is 16.7 Å². The first-order chi connectivity index (χ1) is 10.3. The number of aromatic nitrogens is 2. The molecule has 2 heterocycles. The molecule has 1 aliphatic carbocycles. The number of rotatable bonds is 4. The highest BCUT2D eigenvalue weighted by Crippen LogP contribution is 2.35. The summed E-state index contributed by atoms with van der Waals surface area (Å²) >= 11 is 6.04. The summed E-state index contributed by atoms with van der Waals surface area (Å²) in [6.07, 6.45) is 8.17. The van der Waals surface area contributed by atoms with Crippen molar-refractivity contribution in [2.45, 2.75) is 37.6 Å². The van der Waals surface area contributed by atoms with E-state index in [1.165, 1.54) is 0 Å². The molecule has 2 N–H and O–H groups in total. The van der Waals surface area contributed by atoms with Gasteiger partial charge < -0.3 is 10.4 Å². The number of aliphatic hydroxyl groups is 1. The lowest BCUT2D eigenvalue weighted by molar-refractivity contribution is 0.266. The SMILES string of the molecule is OCCNC1CCC(c2nccc3cnc(Cl)cc23)CC1. The maximum absolute atomic E-state index is 8.88. The second-order valence-corrected chi connectivity index (χ2v) is 6.04. The Morgan fingerprint density at radius 3 is 2.81 bits per heavy atom. The van der Waals surface area contributed by atoms with Gasteiger partial charge in [0, 0.05) is 41.7 Å². The fourth-order valence-corrected chi connectivity index (χ4v) is 3.39. The Morgan fingerprint density at radius 2 is 2.05 bits per heavy atom. The molecule has 2 aromatic rings. The first kappa shape index (κ1) is 14.7. The zero-order valence-corrected chi connectivity index (χ0v) is 12.7. The monoisotopic (exact) mass is 305 g/mol. The quantitative estimate of drug-likeness (QED) is 0.853. The molecule has 0 spiro atoms. The molecule has 0 saturated heterocycles. The van der Waals surface area contributed by atoms with E-state index in [2.05, 4.69) is 15.3 Å². The van der Waals surface area contributed by atoms with E-state index in [1.54, 1.807) is 0 Å². The van der Waals surface area contributed by atoms with Crippen molar-refractivity contribution in [2.75, 3.05) is 13.2 Å². The molecule has 3 rings (SSSR count). The number of pyridine rings is 2. The number of halogens is 1. The van der Waals surface area contributed by atoms with E-state index in [0.29, 0.717) is 23.7 Å². The summed E-state index contributed by atoms with van der Waals surface area (Å²) in [5.74, 6) is 0.486. The average molecular weight is 306 g/mol. The lowest BCUT2D eigenvalue weighted by atomic mass is 9.82. The summed E-state index contributed by atoms with van der Waals surface area (Å²) in [6.45, 7) is 0.888. The molecule has 0 unspecified atom stereocenters. The molecule has 1 saturated carbocycles. The molecule has 4 nitrogen and oxygen atoms in total. The van der Waals surface area contributed by atoms with Crippen molar-refractivity contribution < 1.29 is 5.11 Å². The normalized spacial score (nSPS) is 22.6. The second-order valence-electron chi connectivity index (χ2n) is 5.65. The van der Waals surface area contributed by atoms with Gasteiger partial charge in [-0.1, -0.05) is 11.6 Å². The van der Waals surface area contributed by atoms with Crippen LogP contribution in [0.4, 0.5) is 0 Å². The zero-order chi connectivity index (χ0) is 14.7.